The largest absolute Gasteiger partial charge is 0.497 e. The second-order valence-corrected chi connectivity index (χ2v) is 5.06. The lowest BCUT2D eigenvalue weighted by atomic mass is 10.1. The van der Waals surface area contributed by atoms with Crippen molar-refractivity contribution in [1.29, 1.82) is 0 Å². The predicted molar refractivity (Wildman–Crippen MR) is 86.9 cm³/mol. The third kappa shape index (κ3) is 4.16. The fraction of sp³-hybridized carbons (Fsp3) is 0.278. The molecule has 2 aromatic carbocycles. The molecule has 0 spiro atoms. The van der Waals surface area contributed by atoms with E-state index in [0.717, 1.165) is 16.9 Å². The lowest BCUT2D eigenvalue weighted by Crippen LogP contribution is -2.12. The summed E-state index contributed by atoms with van der Waals surface area (Å²) in [5.74, 6) is 0.567. The van der Waals surface area contributed by atoms with E-state index in [4.69, 9.17) is 14.2 Å². The zero-order valence-electron chi connectivity index (χ0n) is 13.5. The maximum Gasteiger partial charge on any atom is 0.339 e. The van der Waals surface area contributed by atoms with E-state index in [0.29, 0.717) is 12.4 Å². The van der Waals surface area contributed by atoms with Crippen molar-refractivity contribution in [2.75, 3.05) is 20.3 Å². The average molecular weight is 316 g/mol. The molecule has 0 radical (unpaired) electrons. The molecule has 0 saturated carbocycles. The van der Waals surface area contributed by atoms with Crippen molar-refractivity contribution in [3.8, 4) is 17.2 Å². The predicted octanol–water partition coefficient (Wildman–Crippen LogP) is 3.47. The van der Waals surface area contributed by atoms with Gasteiger partial charge in [-0.3, -0.25) is 0 Å². The van der Waals surface area contributed by atoms with Gasteiger partial charge in [0.05, 0.1) is 7.11 Å². The standard InChI is InChI=1S/C18H20O5/c1-12-5-4-6-16(13(12)2)22-9-10-23-17-11-14(21-3)7-8-15(17)18(19)20/h4-8,11H,9-10H2,1-3H3,(H,19,20). The second-order valence-electron chi connectivity index (χ2n) is 5.06. The van der Waals surface area contributed by atoms with Crippen LogP contribution in [0.4, 0.5) is 0 Å². The van der Waals surface area contributed by atoms with Gasteiger partial charge >= 0.3 is 5.97 Å². The number of benzene rings is 2. The summed E-state index contributed by atoms with van der Waals surface area (Å²) in [6.07, 6.45) is 0. The number of carboxylic acid groups (broad SMARTS) is 1. The summed E-state index contributed by atoms with van der Waals surface area (Å²) in [4.78, 5) is 11.2. The van der Waals surface area contributed by atoms with E-state index in [1.54, 1.807) is 12.1 Å². The Kier molecular flexibility index (Phi) is 5.46. The molecule has 0 bridgehead atoms. The van der Waals surface area contributed by atoms with Crippen LogP contribution in [0.15, 0.2) is 36.4 Å². The molecule has 2 rings (SSSR count). The van der Waals surface area contributed by atoms with Gasteiger partial charge in [-0.05, 0) is 43.2 Å². The van der Waals surface area contributed by atoms with Crippen LogP contribution in [0.25, 0.3) is 0 Å². The number of aryl methyl sites for hydroxylation is 1. The van der Waals surface area contributed by atoms with Gasteiger partial charge in [0.2, 0.25) is 0 Å². The summed E-state index contributed by atoms with van der Waals surface area (Å²) >= 11 is 0. The molecule has 0 aliphatic heterocycles. The van der Waals surface area contributed by atoms with E-state index >= 15 is 0 Å². The third-order valence-electron chi connectivity index (χ3n) is 3.57. The number of rotatable bonds is 7. The third-order valence-corrected chi connectivity index (χ3v) is 3.57. The molecule has 5 nitrogen and oxygen atoms in total. The van der Waals surface area contributed by atoms with E-state index in [9.17, 15) is 9.90 Å². The number of ether oxygens (including phenoxy) is 3. The van der Waals surface area contributed by atoms with Crippen LogP contribution in [0.1, 0.15) is 21.5 Å². The highest BCUT2D eigenvalue weighted by atomic mass is 16.5. The van der Waals surface area contributed by atoms with Crippen molar-refractivity contribution in [1.82, 2.24) is 0 Å². The van der Waals surface area contributed by atoms with Gasteiger partial charge in [0.15, 0.2) is 0 Å². The first-order chi connectivity index (χ1) is 11.0. The van der Waals surface area contributed by atoms with Crippen LogP contribution in [0, 0.1) is 13.8 Å². The zero-order valence-corrected chi connectivity index (χ0v) is 13.5. The summed E-state index contributed by atoms with van der Waals surface area (Å²) in [7, 11) is 1.52. The number of carboxylic acids is 1. The van der Waals surface area contributed by atoms with E-state index in [1.807, 2.05) is 32.0 Å². The molecule has 5 heteroatoms. The molecular formula is C18H20O5. The van der Waals surface area contributed by atoms with Crippen LogP contribution in [-0.4, -0.2) is 31.4 Å². The maximum absolute atomic E-state index is 11.2. The Balaban J connectivity index is 1.98. The van der Waals surface area contributed by atoms with E-state index in [1.165, 1.54) is 13.2 Å². The van der Waals surface area contributed by atoms with Crippen molar-refractivity contribution < 1.29 is 24.1 Å². The first-order valence-corrected chi connectivity index (χ1v) is 7.26. The first-order valence-electron chi connectivity index (χ1n) is 7.26. The van der Waals surface area contributed by atoms with Crippen molar-refractivity contribution in [2.45, 2.75) is 13.8 Å². The Morgan fingerprint density at radius 3 is 2.39 bits per heavy atom. The van der Waals surface area contributed by atoms with Gasteiger partial charge in [-0.2, -0.15) is 0 Å². The lowest BCUT2D eigenvalue weighted by Gasteiger charge is -2.13. The highest BCUT2D eigenvalue weighted by Crippen LogP contribution is 2.25. The smallest absolute Gasteiger partial charge is 0.339 e. The van der Waals surface area contributed by atoms with E-state index in [-0.39, 0.29) is 17.9 Å². The fourth-order valence-electron chi connectivity index (χ4n) is 2.11. The summed E-state index contributed by atoms with van der Waals surface area (Å²) in [5.41, 5.74) is 2.34. The Morgan fingerprint density at radius 2 is 1.74 bits per heavy atom. The van der Waals surface area contributed by atoms with Gasteiger partial charge in [0.25, 0.3) is 0 Å². The Hall–Kier alpha value is -2.69. The zero-order chi connectivity index (χ0) is 16.8. The first kappa shape index (κ1) is 16.7. The maximum atomic E-state index is 11.2. The van der Waals surface area contributed by atoms with Crippen LogP contribution in [0.5, 0.6) is 17.2 Å². The summed E-state index contributed by atoms with van der Waals surface area (Å²) in [6.45, 7) is 4.57. The minimum absolute atomic E-state index is 0.0949. The number of aromatic carboxylic acids is 1. The highest BCUT2D eigenvalue weighted by Gasteiger charge is 2.12. The molecule has 0 saturated heterocycles. The molecule has 122 valence electrons. The average Bonchev–Trinajstić information content (AvgIpc) is 2.54. The minimum atomic E-state index is -1.04. The molecule has 0 aliphatic carbocycles. The minimum Gasteiger partial charge on any atom is -0.497 e. The normalized spacial score (nSPS) is 10.2. The van der Waals surface area contributed by atoms with Crippen molar-refractivity contribution in [3.63, 3.8) is 0 Å². The molecule has 0 unspecified atom stereocenters. The fourth-order valence-corrected chi connectivity index (χ4v) is 2.11. The van der Waals surface area contributed by atoms with Crippen LogP contribution in [-0.2, 0) is 0 Å². The van der Waals surface area contributed by atoms with Crippen molar-refractivity contribution >= 4 is 5.97 Å². The van der Waals surface area contributed by atoms with Crippen LogP contribution < -0.4 is 14.2 Å². The van der Waals surface area contributed by atoms with E-state index < -0.39 is 5.97 Å². The van der Waals surface area contributed by atoms with Gasteiger partial charge in [-0.1, -0.05) is 12.1 Å². The molecule has 1 N–H and O–H groups in total. The van der Waals surface area contributed by atoms with Gasteiger partial charge in [-0.15, -0.1) is 0 Å². The summed E-state index contributed by atoms with van der Waals surface area (Å²) in [5, 5.41) is 9.18. The molecule has 2 aromatic rings. The SMILES string of the molecule is COc1ccc(C(=O)O)c(OCCOc2cccc(C)c2C)c1. The summed E-state index contributed by atoms with van der Waals surface area (Å²) < 4.78 is 16.3. The molecular weight excluding hydrogens is 296 g/mol. The Labute approximate surface area is 135 Å². The Bertz CT molecular complexity index is 694. The Morgan fingerprint density at radius 1 is 1.04 bits per heavy atom. The number of carbonyl (C=O) groups is 1. The van der Waals surface area contributed by atoms with Gasteiger partial charge in [0, 0.05) is 6.07 Å². The van der Waals surface area contributed by atoms with E-state index in [2.05, 4.69) is 0 Å². The van der Waals surface area contributed by atoms with Crippen LogP contribution in [0.3, 0.4) is 0 Å². The number of hydrogen-bond acceptors (Lipinski definition) is 4. The van der Waals surface area contributed by atoms with Crippen LogP contribution >= 0.6 is 0 Å². The molecule has 0 aliphatic rings. The van der Waals surface area contributed by atoms with Crippen molar-refractivity contribution in [3.05, 3.63) is 53.1 Å². The molecule has 0 heterocycles. The molecule has 0 amide bonds. The topological polar surface area (TPSA) is 65.0 Å². The van der Waals surface area contributed by atoms with Crippen LogP contribution in [0.2, 0.25) is 0 Å². The van der Waals surface area contributed by atoms with Gasteiger partial charge in [-0.25, -0.2) is 4.79 Å². The quantitative estimate of drug-likeness (QED) is 0.792. The van der Waals surface area contributed by atoms with Gasteiger partial charge in [0.1, 0.15) is 36.0 Å². The molecule has 0 atom stereocenters. The van der Waals surface area contributed by atoms with Gasteiger partial charge < -0.3 is 19.3 Å². The molecule has 0 fully saturated rings. The second kappa shape index (κ2) is 7.54. The highest BCUT2D eigenvalue weighted by molar-refractivity contribution is 5.91. The number of hydrogen-bond donors (Lipinski definition) is 1. The van der Waals surface area contributed by atoms with Crippen molar-refractivity contribution in [2.24, 2.45) is 0 Å². The number of methoxy groups -OCH3 is 1. The molecule has 0 aromatic heterocycles. The monoisotopic (exact) mass is 316 g/mol. The lowest BCUT2D eigenvalue weighted by molar-refractivity contribution is 0.0691. The summed E-state index contributed by atoms with van der Waals surface area (Å²) in [6, 6.07) is 10.5. The molecule has 23 heavy (non-hydrogen) atoms.